The lowest BCUT2D eigenvalue weighted by Crippen LogP contribution is -2.52. The average Bonchev–Trinajstić information content (AvgIpc) is 3.54. The molecule has 42 heavy (non-hydrogen) atoms. The number of pyridine rings is 1. The van der Waals surface area contributed by atoms with Gasteiger partial charge in [0.25, 0.3) is 11.5 Å². The van der Waals surface area contributed by atoms with E-state index in [2.05, 4.69) is 35.8 Å². The highest BCUT2D eigenvalue weighted by Gasteiger charge is 2.45. The normalized spacial score (nSPS) is 20.8. The van der Waals surface area contributed by atoms with Gasteiger partial charge in [-0.25, -0.2) is 0 Å². The molecule has 1 aromatic heterocycles. The fraction of sp³-hybridized carbons (Fsp3) is 0.486. The maximum atomic E-state index is 13.5. The van der Waals surface area contributed by atoms with E-state index in [1.807, 2.05) is 30.3 Å². The van der Waals surface area contributed by atoms with E-state index < -0.39 is 12.1 Å². The van der Waals surface area contributed by atoms with E-state index in [4.69, 9.17) is 4.74 Å². The number of hydrogen-bond donors (Lipinski definition) is 3. The molecular weight excluding hydrogens is 526 g/mol. The molecule has 2 aromatic carbocycles. The number of aliphatic hydroxyl groups is 1. The zero-order chi connectivity index (χ0) is 29.1. The van der Waals surface area contributed by atoms with E-state index in [9.17, 15) is 14.7 Å². The Morgan fingerprint density at radius 2 is 1.83 bits per heavy atom. The number of amides is 1. The Hall–Kier alpha value is -3.42. The summed E-state index contributed by atoms with van der Waals surface area (Å²) in [6.07, 6.45) is 10.6. The Morgan fingerprint density at radius 3 is 2.55 bits per heavy atom. The quantitative estimate of drug-likeness (QED) is 0.310. The van der Waals surface area contributed by atoms with Crippen LogP contribution in [0, 0.1) is 0 Å². The maximum Gasteiger partial charge on any atom is 0.253 e. The van der Waals surface area contributed by atoms with Crippen molar-refractivity contribution in [3.05, 3.63) is 99.5 Å². The van der Waals surface area contributed by atoms with Gasteiger partial charge in [-0.05, 0) is 68.2 Å². The van der Waals surface area contributed by atoms with Crippen molar-refractivity contribution in [1.29, 1.82) is 0 Å². The van der Waals surface area contributed by atoms with Crippen LogP contribution in [-0.2, 0) is 12.8 Å². The van der Waals surface area contributed by atoms with Crippen molar-refractivity contribution in [3.8, 4) is 5.75 Å². The van der Waals surface area contributed by atoms with Crippen LogP contribution in [0.25, 0.3) is 0 Å². The number of carbonyl (C=O) groups is 1. The number of ether oxygens (including phenoxy) is 1. The van der Waals surface area contributed by atoms with E-state index in [-0.39, 0.29) is 29.2 Å². The first-order chi connectivity index (χ1) is 20.4. The van der Waals surface area contributed by atoms with Crippen LogP contribution in [0.1, 0.15) is 97.4 Å². The predicted octanol–water partition coefficient (Wildman–Crippen LogP) is 5.26. The Morgan fingerprint density at radius 1 is 1.05 bits per heavy atom. The first-order valence-corrected chi connectivity index (χ1v) is 15.7. The number of aryl methyl sites for hydroxylation is 1. The van der Waals surface area contributed by atoms with Gasteiger partial charge in [0.2, 0.25) is 0 Å². The van der Waals surface area contributed by atoms with Crippen LogP contribution in [0.2, 0.25) is 0 Å². The molecule has 3 atom stereocenters. The van der Waals surface area contributed by atoms with Gasteiger partial charge in [-0.1, -0.05) is 62.2 Å². The summed E-state index contributed by atoms with van der Waals surface area (Å²) in [6, 6.07) is 19.2. The largest absolute Gasteiger partial charge is 0.487 e. The molecule has 1 aliphatic heterocycles. The minimum absolute atomic E-state index is 0.0678. The average molecular weight is 570 g/mol. The number of carbonyl (C=O) groups excluding carboxylic acids is 1. The second-order valence-electron chi connectivity index (χ2n) is 12.5. The molecule has 3 aliphatic rings. The smallest absolute Gasteiger partial charge is 0.253 e. The molecule has 1 amide bonds. The standard InChI is InChI=1S/C35H43N3O4/c1-2-24-13-15-32-28(19-24)30(21-35(42-32)17-8-18-35)36-22-31(39)29(20-25-9-4-3-5-10-25)37-34(41)26-14-16-33(40)38(23-26)27-11-6-7-12-27/h3-5,9-10,13-16,19,23,27,29-31,36,39H,2,6-8,11-12,17-18,20-22H2,1H3,(H,37,41). The van der Waals surface area contributed by atoms with Gasteiger partial charge in [-0.15, -0.1) is 0 Å². The number of rotatable bonds is 10. The monoisotopic (exact) mass is 569 g/mol. The van der Waals surface area contributed by atoms with E-state index >= 15 is 0 Å². The van der Waals surface area contributed by atoms with Crippen molar-refractivity contribution >= 4 is 5.91 Å². The van der Waals surface area contributed by atoms with E-state index in [0.717, 1.165) is 68.2 Å². The minimum atomic E-state index is -0.826. The summed E-state index contributed by atoms with van der Waals surface area (Å²) in [5.74, 6) is 0.663. The summed E-state index contributed by atoms with van der Waals surface area (Å²) in [7, 11) is 0. The summed E-state index contributed by atoms with van der Waals surface area (Å²) < 4.78 is 8.21. The Balaban J connectivity index is 1.20. The fourth-order valence-corrected chi connectivity index (χ4v) is 6.91. The third-order valence-corrected chi connectivity index (χ3v) is 9.60. The van der Waals surface area contributed by atoms with E-state index in [1.165, 1.54) is 18.1 Å². The van der Waals surface area contributed by atoms with Gasteiger partial charge in [0, 0.05) is 42.9 Å². The SMILES string of the molecule is CCc1ccc2c(c1)C(NCC(O)C(Cc1ccccc1)NC(=O)c1ccc(=O)n(C3CCCC3)c1)CC1(CCC1)O2. The molecule has 3 aromatic rings. The van der Waals surface area contributed by atoms with Gasteiger partial charge >= 0.3 is 0 Å². The number of aliphatic hydroxyl groups excluding tert-OH is 1. The van der Waals surface area contributed by atoms with Crippen molar-refractivity contribution in [2.24, 2.45) is 0 Å². The van der Waals surface area contributed by atoms with Gasteiger partial charge in [0.15, 0.2) is 0 Å². The summed E-state index contributed by atoms with van der Waals surface area (Å²) in [5, 5.41) is 18.3. The lowest BCUT2D eigenvalue weighted by molar-refractivity contribution is -0.0382. The molecule has 0 bridgehead atoms. The lowest BCUT2D eigenvalue weighted by Gasteiger charge is -2.48. The van der Waals surface area contributed by atoms with Crippen LogP contribution >= 0.6 is 0 Å². The minimum Gasteiger partial charge on any atom is -0.487 e. The van der Waals surface area contributed by atoms with Crippen LogP contribution in [-0.4, -0.2) is 39.9 Å². The number of hydrogen-bond acceptors (Lipinski definition) is 5. The summed E-state index contributed by atoms with van der Waals surface area (Å²) in [4.78, 5) is 26.1. The summed E-state index contributed by atoms with van der Waals surface area (Å²) >= 11 is 0. The predicted molar refractivity (Wildman–Crippen MR) is 164 cm³/mol. The molecule has 7 heteroatoms. The number of fused-ring (bicyclic) bond motifs is 1. The number of nitrogens with one attached hydrogen (secondary N) is 2. The van der Waals surface area contributed by atoms with Crippen molar-refractivity contribution in [1.82, 2.24) is 15.2 Å². The molecule has 2 fully saturated rings. The van der Waals surface area contributed by atoms with Crippen LogP contribution in [0.15, 0.2) is 71.7 Å². The molecular formula is C35H43N3O4. The molecule has 2 saturated carbocycles. The van der Waals surface area contributed by atoms with Crippen LogP contribution in [0.4, 0.5) is 0 Å². The molecule has 2 aliphatic carbocycles. The summed E-state index contributed by atoms with van der Waals surface area (Å²) in [6.45, 7) is 2.48. The zero-order valence-corrected chi connectivity index (χ0v) is 24.6. The third kappa shape index (κ3) is 6.18. The Kier molecular flexibility index (Phi) is 8.50. The van der Waals surface area contributed by atoms with Gasteiger partial charge in [0.05, 0.1) is 17.7 Å². The lowest BCUT2D eigenvalue weighted by atomic mass is 9.72. The highest BCUT2D eigenvalue weighted by molar-refractivity contribution is 5.94. The molecule has 1 spiro atoms. The second-order valence-corrected chi connectivity index (χ2v) is 12.5. The zero-order valence-electron chi connectivity index (χ0n) is 24.6. The Bertz CT molecular complexity index is 1440. The maximum absolute atomic E-state index is 13.5. The van der Waals surface area contributed by atoms with Crippen LogP contribution in [0.5, 0.6) is 5.75 Å². The van der Waals surface area contributed by atoms with Crippen molar-refractivity contribution in [2.75, 3.05) is 6.54 Å². The molecule has 7 nitrogen and oxygen atoms in total. The number of nitrogens with zero attached hydrogens (tertiary/aromatic N) is 1. The molecule has 3 N–H and O–H groups in total. The van der Waals surface area contributed by atoms with Crippen molar-refractivity contribution < 1.29 is 14.6 Å². The van der Waals surface area contributed by atoms with Gasteiger partial charge in [-0.2, -0.15) is 0 Å². The molecule has 2 heterocycles. The van der Waals surface area contributed by atoms with Gasteiger partial charge in [0.1, 0.15) is 11.4 Å². The number of benzene rings is 2. The first kappa shape index (κ1) is 28.7. The fourth-order valence-electron chi connectivity index (χ4n) is 6.91. The van der Waals surface area contributed by atoms with Crippen LogP contribution in [0.3, 0.4) is 0 Å². The summed E-state index contributed by atoms with van der Waals surface area (Å²) in [5.41, 5.74) is 3.70. The third-order valence-electron chi connectivity index (χ3n) is 9.60. The molecule has 0 radical (unpaired) electrons. The molecule has 222 valence electrons. The molecule has 0 saturated heterocycles. The van der Waals surface area contributed by atoms with Crippen molar-refractivity contribution in [2.45, 2.75) is 101 Å². The van der Waals surface area contributed by atoms with E-state index in [1.54, 1.807) is 16.8 Å². The van der Waals surface area contributed by atoms with Gasteiger partial charge < -0.3 is 25.0 Å². The van der Waals surface area contributed by atoms with Crippen molar-refractivity contribution in [3.63, 3.8) is 0 Å². The van der Waals surface area contributed by atoms with Crippen LogP contribution < -0.4 is 20.9 Å². The first-order valence-electron chi connectivity index (χ1n) is 15.7. The van der Waals surface area contributed by atoms with E-state index in [0.29, 0.717) is 18.5 Å². The molecule has 3 unspecified atom stereocenters. The Labute approximate surface area is 248 Å². The highest BCUT2D eigenvalue weighted by Crippen LogP contribution is 2.49. The van der Waals surface area contributed by atoms with Gasteiger partial charge in [-0.3, -0.25) is 9.59 Å². The second kappa shape index (κ2) is 12.4. The highest BCUT2D eigenvalue weighted by atomic mass is 16.5. The topological polar surface area (TPSA) is 92.6 Å². The number of aromatic nitrogens is 1. The molecule has 6 rings (SSSR count).